The van der Waals surface area contributed by atoms with Crippen molar-refractivity contribution in [3.8, 4) is 11.3 Å². The Labute approximate surface area is 209 Å². The van der Waals surface area contributed by atoms with Crippen LogP contribution in [0.1, 0.15) is 55.8 Å². The first kappa shape index (κ1) is 24.8. The lowest BCUT2D eigenvalue weighted by atomic mass is 9.83. The smallest absolute Gasteiger partial charge is 0.0938 e. The number of rotatable bonds is 8. The molecule has 35 heavy (non-hydrogen) atoms. The van der Waals surface area contributed by atoms with Crippen LogP contribution in [0.5, 0.6) is 0 Å². The second-order valence-electron chi connectivity index (χ2n) is 9.91. The van der Waals surface area contributed by atoms with Gasteiger partial charge in [0.1, 0.15) is 0 Å². The molecule has 5 nitrogen and oxygen atoms in total. The fraction of sp³-hybridized carbons (Fsp3) is 0.367. The largest absolute Gasteiger partial charge is 0.393 e. The molecule has 0 bridgehead atoms. The van der Waals surface area contributed by atoms with E-state index in [-0.39, 0.29) is 12.1 Å². The van der Waals surface area contributed by atoms with Crippen LogP contribution in [0.15, 0.2) is 72.4 Å². The number of nitrogens with one attached hydrogen (secondary N) is 1. The summed E-state index contributed by atoms with van der Waals surface area (Å²) in [5, 5.41) is 19.1. The molecule has 2 heterocycles. The van der Waals surface area contributed by atoms with Crippen molar-refractivity contribution in [2.75, 3.05) is 14.1 Å². The Hall–Kier alpha value is -3.31. The summed E-state index contributed by atoms with van der Waals surface area (Å²) in [6, 6.07) is 12.5. The SMILES string of the molecule is C=C/C(=C\N(C)C)c1cccc(-c2ccc(C3=NC(C)C=C3)c(C(=N)CC3CCCC(O)C3)n2)c1. The lowest BCUT2D eigenvalue weighted by Gasteiger charge is -2.26. The van der Waals surface area contributed by atoms with E-state index in [1.54, 1.807) is 0 Å². The zero-order valence-electron chi connectivity index (χ0n) is 21.0. The average molecular weight is 469 g/mol. The van der Waals surface area contributed by atoms with Crippen molar-refractivity contribution in [1.29, 1.82) is 5.41 Å². The van der Waals surface area contributed by atoms with Crippen molar-refractivity contribution in [1.82, 2.24) is 9.88 Å². The maximum atomic E-state index is 10.1. The Morgan fingerprint density at radius 1 is 1.23 bits per heavy atom. The van der Waals surface area contributed by atoms with Crippen LogP contribution in [0.2, 0.25) is 0 Å². The van der Waals surface area contributed by atoms with Crippen molar-refractivity contribution in [3.05, 3.63) is 84.2 Å². The van der Waals surface area contributed by atoms with Gasteiger partial charge >= 0.3 is 0 Å². The summed E-state index contributed by atoms with van der Waals surface area (Å²) in [5.74, 6) is 0.319. The molecule has 0 amide bonds. The Bertz CT molecular complexity index is 1190. The predicted octanol–water partition coefficient (Wildman–Crippen LogP) is 5.89. The fourth-order valence-corrected chi connectivity index (χ4v) is 4.97. The van der Waals surface area contributed by atoms with Crippen LogP contribution in [0, 0.1) is 11.3 Å². The third kappa shape index (κ3) is 6.04. The van der Waals surface area contributed by atoms with Crippen molar-refractivity contribution in [2.24, 2.45) is 10.9 Å². The minimum Gasteiger partial charge on any atom is -0.393 e. The Kier molecular flexibility index (Phi) is 7.76. The van der Waals surface area contributed by atoms with Crippen molar-refractivity contribution < 1.29 is 5.11 Å². The van der Waals surface area contributed by atoms with Gasteiger partial charge in [-0.15, -0.1) is 0 Å². The highest BCUT2D eigenvalue weighted by Crippen LogP contribution is 2.30. The van der Waals surface area contributed by atoms with Crippen molar-refractivity contribution in [3.63, 3.8) is 0 Å². The molecule has 3 unspecified atom stereocenters. The molecule has 2 aliphatic rings. The quantitative estimate of drug-likeness (QED) is 0.375. The topological polar surface area (TPSA) is 72.6 Å². The molecule has 3 atom stereocenters. The Morgan fingerprint density at radius 2 is 2.06 bits per heavy atom. The van der Waals surface area contributed by atoms with E-state index in [1.165, 1.54) is 0 Å². The number of pyridine rings is 1. The first-order valence-corrected chi connectivity index (χ1v) is 12.5. The number of aliphatic imine (C=N–C) groups is 1. The lowest BCUT2D eigenvalue weighted by molar-refractivity contribution is 0.103. The Morgan fingerprint density at radius 3 is 2.74 bits per heavy atom. The molecular formula is C30H36N4O. The lowest BCUT2D eigenvalue weighted by Crippen LogP contribution is -2.23. The molecule has 2 N–H and O–H groups in total. The number of allylic oxidation sites excluding steroid dienone is 3. The number of aliphatic hydroxyl groups excluding tert-OH is 1. The minimum atomic E-state index is -0.250. The summed E-state index contributed by atoms with van der Waals surface area (Å²) in [4.78, 5) is 11.8. The number of hydrogen-bond acceptors (Lipinski definition) is 5. The van der Waals surface area contributed by atoms with Gasteiger partial charge in [0.2, 0.25) is 0 Å². The number of aliphatic hydroxyl groups is 1. The highest BCUT2D eigenvalue weighted by Gasteiger charge is 2.24. The second-order valence-corrected chi connectivity index (χ2v) is 9.91. The van der Waals surface area contributed by atoms with Gasteiger partial charge < -0.3 is 15.4 Å². The third-order valence-electron chi connectivity index (χ3n) is 6.69. The Balaban J connectivity index is 1.71. The maximum Gasteiger partial charge on any atom is 0.0938 e. The van der Waals surface area contributed by atoms with E-state index in [1.807, 2.05) is 49.5 Å². The van der Waals surface area contributed by atoms with Crippen LogP contribution in [0.3, 0.4) is 0 Å². The molecule has 182 valence electrons. The zero-order valence-corrected chi connectivity index (χ0v) is 21.0. The van der Waals surface area contributed by atoms with Gasteiger partial charge in [-0.3, -0.25) is 4.99 Å². The molecule has 0 radical (unpaired) electrons. The molecule has 1 aliphatic carbocycles. The molecule has 1 aromatic carbocycles. The van der Waals surface area contributed by atoms with Crippen LogP contribution in [0.4, 0.5) is 0 Å². The average Bonchev–Trinajstić information content (AvgIpc) is 3.28. The van der Waals surface area contributed by atoms with Gasteiger partial charge in [0.05, 0.1) is 35.0 Å². The summed E-state index contributed by atoms with van der Waals surface area (Å²) in [5.41, 5.74) is 6.95. The van der Waals surface area contributed by atoms with Gasteiger partial charge in [-0.25, -0.2) is 4.98 Å². The van der Waals surface area contributed by atoms with E-state index in [4.69, 9.17) is 15.4 Å². The van der Waals surface area contributed by atoms with Crippen LogP contribution in [-0.4, -0.2) is 52.7 Å². The van der Waals surface area contributed by atoms with E-state index in [0.29, 0.717) is 23.7 Å². The van der Waals surface area contributed by atoms with Crippen LogP contribution < -0.4 is 0 Å². The number of aromatic nitrogens is 1. The molecule has 1 aliphatic heterocycles. The summed E-state index contributed by atoms with van der Waals surface area (Å²) in [6.07, 6.45) is 12.1. The molecule has 1 saturated carbocycles. The number of nitrogens with zero attached hydrogens (tertiary/aromatic N) is 3. The van der Waals surface area contributed by atoms with E-state index < -0.39 is 0 Å². The molecule has 2 aromatic rings. The molecule has 0 spiro atoms. The molecule has 5 heteroatoms. The van der Waals surface area contributed by atoms with Crippen LogP contribution in [0.25, 0.3) is 16.8 Å². The van der Waals surface area contributed by atoms with Gasteiger partial charge in [-0.1, -0.05) is 43.4 Å². The van der Waals surface area contributed by atoms with E-state index in [2.05, 4.69) is 43.8 Å². The standard InChI is InChI=1S/C30H36N4O/c1-5-22(19-34(3)4)23-9-7-10-24(18-23)28-15-13-26(29-14-12-20(2)32-29)30(33-28)27(31)17-21-8-6-11-25(35)16-21/h5,7,9-10,12-15,18-21,25,31,35H,1,6,8,11,16-17H2,2-4H3/b22-19+,31-27?. The summed E-state index contributed by atoms with van der Waals surface area (Å²) < 4.78 is 0. The monoisotopic (exact) mass is 468 g/mol. The number of hydrogen-bond donors (Lipinski definition) is 2. The van der Waals surface area contributed by atoms with Gasteiger partial charge in [-0.2, -0.15) is 0 Å². The highest BCUT2D eigenvalue weighted by atomic mass is 16.3. The number of benzene rings is 1. The van der Waals surface area contributed by atoms with E-state index in [0.717, 1.165) is 59.4 Å². The van der Waals surface area contributed by atoms with Crippen molar-refractivity contribution >= 4 is 17.0 Å². The van der Waals surface area contributed by atoms with Gasteiger partial charge in [0, 0.05) is 31.4 Å². The van der Waals surface area contributed by atoms with Crippen LogP contribution in [-0.2, 0) is 0 Å². The first-order chi connectivity index (χ1) is 16.8. The maximum absolute atomic E-state index is 10.1. The molecule has 4 rings (SSSR count). The third-order valence-corrected chi connectivity index (χ3v) is 6.69. The second kappa shape index (κ2) is 11.0. The zero-order chi connectivity index (χ0) is 24.9. The van der Waals surface area contributed by atoms with Gasteiger partial charge in [0.25, 0.3) is 0 Å². The summed E-state index contributed by atoms with van der Waals surface area (Å²) >= 11 is 0. The highest BCUT2D eigenvalue weighted by molar-refractivity contribution is 6.16. The van der Waals surface area contributed by atoms with Crippen LogP contribution >= 0.6 is 0 Å². The summed E-state index contributed by atoms with van der Waals surface area (Å²) in [6.45, 7) is 6.04. The fourth-order valence-electron chi connectivity index (χ4n) is 4.97. The van der Waals surface area contributed by atoms with E-state index >= 15 is 0 Å². The molecule has 1 aromatic heterocycles. The van der Waals surface area contributed by atoms with Gasteiger partial charge in [0.15, 0.2) is 0 Å². The first-order valence-electron chi connectivity index (χ1n) is 12.5. The summed E-state index contributed by atoms with van der Waals surface area (Å²) in [7, 11) is 4.00. The normalized spacial score (nSPS) is 22.1. The predicted molar refractivity (Wildman–Crippen MR) is 146 cm³/mol. The van der Waals surface area contributed by atoms with E-state index in [9.17, 15) is 5.11 Å². The minimum absolute atomic E-state index is 0.137. The molecule has 1 fully saturated rings. The van der Waals surface area contributed by atoms with Crippen molar-refractivity contribution in [2.45, 2.75) is 51.2 Å². The molecular weight excluding hydrogens is 432 g/mol. The van der Waals surface area contributed by atoms with Gasteiger partial charge in [-0.05, 0) is 73.9 Å². The molecule has 0 saturated heterocycles.